The number of carbonyl (C=O) groups is 1. The Morgan fingerprint density at radius 2 is 2.15 bits per heavy atom. The molecule has 4 heteroatoms. The van der Waals surface area contributed by atoms with Crippen molar-refractivity contribution in [3.05, 3.63) is 0 Å². The molecule has 0 fully saturated rings. The van der Waals surface area contributed by atoms with Crippen molar-refractivity contribution in [1.82, 2.24) is 10.2 Å². The SMILES string of the molecule is CCCCNC(=O)N(C)CCCN. The predicted octanol–water partition coefficient (Wildman–Crippen LogP) is 0.777. The van der Waals surface area contributed by atoms with Gasteiger partial charge in [0.1, 0.15) is 0 Å². The summed E-state index contributed by atoms with van der Waals surface area (Å²) in [5.41, 5.74) is 5.34. The van der Waals surface area contributed by atoms with E-state index >= 15 is 0 Å². The summed E-state index contributed by atoms with van der Waals surface area (Å²) in [6, 6.07) is 0.00176. The first-order valence-electron chi connectivity index (χ1n) is 4.91. The molecule has 0 aromatic carbocycles. The average molecular weight is 187 g/mol. The molecule has 0 unspecified atom stereocenters. The van der Waals surface area contributed by atoms with Crippen LogP contribution in [-0.2, 0) is 0 Å². The van der Waals surface area contributed by atoms with Crippen LogP contribution in [0.15, 0.2) is 0 Å². The normalized spacial score (nSPS) is 9.77. The Hall–Kier alpha value is -0.770. The van der Waals surface area contributed by atoms with E-state index in [9.17, 15) is 4.79 Å². The number of nitrogens with two attached hydrogens (primary N) is 1. The molecule has 0 aliphatic carbocycles. The minimum absolute atomic E-state index is 0.00176. The summed E-state index contributed by atoms with van der Waals surface area (Å²) >= 11 is 0. The zero-order valence-electron chi connectivity index (χ0n) is 8.68. The highest BCUT2D eigenvalue weighted by molar-refractivity contribution is 5.73. The second-order valence-electron chi connectivity index (χ2n) is 3.15. The van der Waals surface area contributed by atoms with Gasteiger partial charge >= 0.3 is 6.03 Å². The van der Waals surface area contributed by atoms with E-state index in [-0.39, 0.29) is 6.03 Å². The molecule has 2 amide bonds. The Morgan fingerprint density at radius 3 is 2.69 bits per heavy atom. The fraction of sp³-hybridized carbons (Fsp3) is 0.889. The van der Waals surface area contributed by atoms with E-state index in [0.717, 1.165) is 32.4 Å². The summed E-state index contributed by atoms with van der Waals surface area (Å²) in [7, 11) is 1.79. The largest absolute Gasteiger partial charge is 0.338 e. The first-order chi connectivity index (χ1) is 6.22. The number of nitrogens with one attached hydrogen (secondary N) is 1. The molecule has 0 saturated heterocycles. The van der Waals surface area contributed by atoms with Crippen molar-refractivity contribution < 1.29 is 4.79 Å². The molecule has 0 spiro atoms. The molecule has 0 heterocycles. The quantitative estimate of drug-likeness (QED) is 0.604. The minimum Gasteiger partial charge on any atom is -0.338 e. The van der Waals surface area contributed by atoms with Gasteiger partial charge in [-0.1, -0.05) is 13.3 Å². The Morgan fingerprint density at radius 1 is 1.46 bits per heavy atom. The van der Waals surface area contributed by atoms with E-state index in [0.29, 0.717) is 6.54 Å². The molecule has 0 aliphatic heterocycles. The number of rotatable bonds is 6. The van der Waals surface area contributed by atoms with Crippen LogP contribution in [-0.4, -0.2) is 37.6 Å². The van der Waals surface area contributed by atoms with Gasteiger partial charge in [0.15, 0.2) is 0 Å². The highest BCUT2D eigenvalue weighted by Gasteiger charge is 2.05. The highest BCUT2D eigenvalue weighted by Crippen LogP contribution is 1.88. The van der Waals surface area contributed by atoms with Crippen LogP contribution in [0.4, 0.5) is 4.79 Å². The third-order valence-corrected chi connectivity index (χ3v) is 1.85. The van der Waals surface area contributed by atoms with Gasteiger partial charge in [-0.3, -0.25) is 0 Å². The van der Waals surface area contributed by atoms with Crippen molar-refractivity contribution in [2.75, 3.05) is 26.7 Å². The van der Waals surface area contributed by atoms with E-state index in [1.54, 1.807) is 11.9 Å². The Balaban J connectivity index is 3.45. The Labute approximate surface area is 80.5 Å². The molecule has 78 valence electrons. The lowest BCUT2D eigenvalue weighted by Gasteiger charge is -2.17. The molecule has 0 aliphatic rings. The summed E-state index contributed by atoms with van der Waals surface area (Å²) in [6.07, 6.45) is 3.00. The van der Waals surface area contributed by atoms with E-state index < -0.39 is 0 Å². The topological polar surface area (TPSA) is 58.4 Å². The zero-order valence-corrected chi connectivity index (χ0v) is 8.68. The van der Waals surface area contributed by atoms with Crippen molar-refractivity contribution in [3.8, 4) is 0 Å². The van der Waals surface area contributed by atoms with Crippen LogP contribution >= 0.6 is 0 Å². The number of hydrogen-bond acceptors (Lipinski definition) is 2. The zero-order chi connectivity index (χ0) is 10.1. The lowest BCUT2D eigenvalue weighted by Crippen LogP contribution is -2.38. The third kappa shape index (κ3) is 6.40. The first-order valence-corrected chi connectivity index (χ1v) is 4.91. The van der Waals surface area contributed by atoms with Crippen LogP contribution in [0.1, 0.15) is 26.2 Å². The summed E-state index contributed by atoms with van der Waals surface area (Å²) in [4.78, 5) is 13.0. The molecule has 0 saturated carbocycles. The van der Waals surface area contributed by atoms with Crippen LogP contribution < -0.4 is 11.1 Å². The van der Waals surface area contributed by atoms with Gasteiger partial charge in [0.05, 0.1) is 0 Å². The van der Waals surface area contributed by atoms with Crippen LogP contribution in [0.5, 0.6) is 0 Å². The van der Waals surface area contributed by atoms with Crippen molar-refractivity contribution >= 4 is 6.03 Å². The lowest BCUT2D eigenvalue weighted by molar-refractivity contribution is 0.208. The van der Waals surface area contributed by atoms with Gasteiger partial charge in [-0.25, -0.2) is 4.79 Å². The van der Waals surface area contributed by atoms with Gasteiger partial charge < -0.3 is 16.0 Å². The number of amides is 2. The number of unbranched alkanes of at least 4 members (excludes halogenated alkanes) is 1. The molecular weight excluding hydrogens is 166 g/mol. The maximum absolute atomic E-state index is 11.3. The average Bonchev–Trinajstić information content (AvgIpc) is 2.14. The number of carbonyl (C=O) groups excluding carboxylic acids is 1. The summed E-state index contributed by atoms with van der Waals surface area (Å²) < 4.78 is 0. The molecule has 0 radical (unpaired) electrons. The van der Waals surface area contributed by atoms with Gasteiger partial charge in [-0.05, 0) is 19.4 Å². The molecule has 0 atom stereocenters. The predicted molar refractivity (Wildman–Crippen MR) is 54.6 cm³/mol. The standard InChI is InChI=1S/C9H21N3O/c1-3-4-7-11-9(13)12(2)8-5-6-10/h3-8,10H2,1-2H3,(H,11,13). The number of hydrogen-bond donors (Lipinski definition) is 2. The van der Waals surface area contributed by atoms with Gasteiger partial charge in [0.25, 0.3) is 0 Å². The summed E-state index contributed by atoms with van der Waals surface area (Å²) in [6.45, 7) is 4.23. The molecule has 13 heavy (non-hydrogen) atoms. The summed E-state index contributed by atoms with van der Waals surface area (Å²) in [5.74, 6) is 0. The number of urea groups is 1. The summed E-state index contributed by atoms with van der Waals surface area (Å²) in [5, 5.41) is 2.84. The maximum Gasteiger partial charge on any atom is 0.317 e. The maximum atomic E-state index is 11.3. The van der Waals surface area contributed by atoms with Crippen LogP contribution in [0, 0.1) is 0 Å². The van der Waals surface area contributed by atoms with Crippen LogP contribution in [0.3, 0.4) is 0 Å². The highest BCUT2D eigenvalue weighted by atomic mass is 16.2. The number of nitrogens with zero attached hydrogens (tertiary/aromatic N) is 1. The Bertz CT molecular complexity index is 139. The van der Waals surface area contributed by atoms with E-state index in [4.69, 9.17) is 5.73 Å². The van der Waals surface area contributed by atoms with Gasteiger partial charge in [-0.2, -0.15) is 0 Å². The van der Waals surface area contributed by atoms with Crippen molar-refractivity contribution in [3.63, 3.8) is 0 Å². The molecule has 3 N–H and O–H groups in total. The van der Waals surface area contributed by atoms with Crippen LogP contribution in [0.2, 0.25) is 0 Å². The third-order valence-electron chi connectivity index (χ3n) is 1.85. The molecule has 4 nitrogen and oxygen atoms in total. The minimum atomic E-state index is 0.00176. The van der Waals surface area contributed by atoms with Gasteiger partial charge in [0.2, 0.25) is 0 Å². The molecule has 0 aromatic heterocycles. The van der Waals surface area contributed by atoms with E-state index in [2.05, 4.69) is 12.2 Å². The van der Waals surface area contributed by atoms with E-state index in [1.807, 2.05) is 0 Å². The fourth-order valence-corrected chi connectivity index (χ4v) is 0.937. The van der Waals surface area contributed by atoms with Crippen molar-refractivity contribution in [2.45, 2.75) is 26.2 Å². The second kappa shape index (κ2) is 7.86. The molecular formula is C9H21N3O. The molecule has 0 rings (SSSR count). The second-order valence-corrected chi connectivity index (χ2v) is 3.15. The van der Waals surface area contributed by atoms with Crippen molar-refractivity contribution in [1.29, 1.82) is 0 Å². The monoisotopic (exact) mass is 187 g/mol. The molecule has 0 bridgehead atoms. The van der Waals surface area contributed by atoms with E-state index in [1.165, 1.54) is 0 Å². The van der Waals surface area contributed by atoms with Crippen molar-refractivity contribution in [2.24, 2.45) is 5.73 Å². The van der Waals surface area contributed by atoms with Crippen LogP contribution in [0.25, 0.3) is 0 Å². The molecule has 0 aromatic rings. The fourth-order valence-electron chi connectivity index (χ4n) is 0.937. The lowest BCUT2D eigenvalue weighted by atomic mass is 10.3. The Kier molecular flexibility index (Phi) is 7.39. The first kappa shape index (κ1) is 12.2. The smallest absolute Gasteiger partial charge is 0.317 e. The van der Waals surface area contributed by atoms with Gasteiger partial charge in [-0.15, -0.1) is 0 Å². The van der Waals surface area contributed by atoms with Gasteiger partial charge in [0, 0.05) is 20.1 Å².